The third-order valence-corrected chi connectivity index (χ3v) is 3.95. The van der Waals surface area contributed by atoms with Gasteiger partial charge < -0.3 is 10.2 Å². The van der Waals surface area contributed by atoms with E-state index in [-0.39, 0.29) is 11.4 Å². The molecule has 1 aliphatic heterocycles. The molecule has 8 nitrogen and oxygen atoms in total. The maximum Gasteiger partial charge on any atom is 0.375 e. The van der Waals surface area contributed by atoms with Gasteiger partial charge in [0, 0.05) is 0 Å². The van der Waals surface area contributed by atoms with Crippen molar-refractivity contribution in [2.75, 3.05) is 0 Å². The maximum atomic E-state index is 14.3. The molecule has 1 aliphatic rings. The van der Waals surface area contributed by atoms with Crippen molar-refractivity contribution < 1.29 is 37.0 Å². The number of carboxylic acid groups (broad SMARTS) is 1. The zero-order valence-corrected chi connectivity index (χ0v) is 14.2. The van der Waals surface area contributed by atoms with E-state index < -0.39 is 63.7 Å². The Bertz CT molecular complexity index is 1250. The molecule has 0 saturated heterocycles. The summed E-state index contributed by atoms with van der Waals surface area (Å²) in [5, 5.41) is 25.5. The van der Waals surface area contributed by atoms with Gasteiger partial charge in [0.2, 0.25) is 11.6 Å². The first kappa shape index (κ1) is 19.2. The molecule has 3 aromatic rings. The molecular formula is C17H6F5N5O3. The molecule has 0 amide bonds. The number of benzene rings is 2. The molecule has 0 unspecified atom stereocenters. The van der Waals surface area contributed by atoms with Crippen LogP contribution in [-0.4, -0.2) is 42.5 Å². The van der Waals surface area contributed by atoms with Gasteiger partial charge in [-0.3, -0.25) is 0 Å². The highest BCUT2D eigenvalue weighted by Crippen LogP contribution is 2.28. The molecule has 2 aromatic carbocycles. The van der Waals surface area contributed by atoms with Crippen molar-refractivity contribution >= 4 is 23.1 Å². The van der Waals surface area contributed by atoms with Crippen molar-refractivity contribution in [3.05, 3.63) is 70.6 Å². The first-order valence-corrected chi connectivity index (χ1v) is 7.88. The number of rotatable bonds is 3. The molecule has 0 radical (unpaired) electrons. The van der Waals surface area contributed by atoms with Crippen LogP contribution in [0.25, 0.3) is 0 Å². The van der Waals surface area contributed by atoms with Crippen LogP contribution in [0.2, 0.25) is 0 Å². The minimum atomic E-state index is -2.35. The van der Waals surface area contributed by atoms with Gasteiger partial charge in [-0.25, -0.2) is 31.7 Å². The van der Waals surface area contributed by atoms with Crippen LogP contribution >= 0.6 is 0 Å². The zero-order chi connectivity index (χ0) is 21.7. The van der Waals surface area contributed by atoms with E-state index in [1.54, 1.807) is 0 Å². The number of carboxylic acids is 1. The van der Waals surface area contributed by atoms with Crippen molar-refractivity contribution in [3.8, 4) is 5.75 Å². The predicted octanol–water partition coefficient (Wildman–Crippen LogP) is 2.76. The number of hydrogen-bond donors (Lipinski definition) is 2. The van der Waals surface area contributed by atoms with Gasteiger partial charge in [0.1, 0.15) is 17.2 Å². The molecule has 1 aromatic heterocycles. The molecule has 0 aliphatic carbocycles. The average Bonchev–Trinajstić information content (AvgIpc) is 3.26. The predicted molar refractivity (Wildman–Crippen MR) is 89.5 cm³/mol. The molecule has 30 heavy (non-hydrogen) atoms. The number of halogens is 5. The summed E-state index contributed by atoms with van der Waals surface area (Å²) in [5.41, 5.74) is -2.60. The van der Waals surface area contributed by atoms with E-state index in [0.717, 1.165) is 0 Å². The molecule has 0 spiro atoms. The second-order valence-corrected chi connectivity index (χ2v) is 5.82. The number of aliphatic imine (C=N–C) groups is 1. The molecule has 0 fully saturated rings. The number of nitrogens with zero attached hydrogens (tertiary/aromatic N) is 5. The Morgan fingerprint density at radius 1 is 0.933 bits per heavy atom. The summed E-state index contributed by atoms with van der Waals surface area (Å²) in [7, 11) is 0. The molecule has 0 atom stereocenters. The van der Waals surface area contributed by atoms with Gasteiger partial charge >= 0.3 is 5.97 Å². The molecule has 152 valence electrons. The first-order valence-electron chi connectivity index (χ1n) is 7.88. The van der Waals surface area contributed by atoms with Crippen LogP contribution in [0, 0.1) is 29.1 Å². The first-order chi connectivity index (χ1) is 14.2. The summed E-state index contributed by atoms with van der Waals surface area (Å²) in [6.07, 6.45) is 0. The largest absolute Gasteiger partial charge is 0.508 e. The van der Waals surface area contributed by atoms with Crippen LogP contribution in [0.15, 0.2) is 34.4 Å². The maximum absolute atomic E-state index is 14.3. The van der Waals surface area contributed by atoms with Crippen LogP contribution in [0.4, 0.5) is 27.6 Å². The lowest BCUT2D eigenvalue weighted by molar-refractivity contribution is 0.0683. The summed E-state index contributed by atoms with van der Waals surface area (Å²) in [6.45, 7) is 0. The smallest absolute Gasteiger partial charge is 0.375 e. The third kappa shape index (κ3) is 2.87. The molecule has 4 rings (SSSR count). The minimum absolute atomic E-state index is 0.0766. The number of aromatic carboxylic acids is 1. The monoisotopic (exact) mass is 423 g/mol. The Kier molecular flexibility index (Phi) is 4.29. The van der Waals surface area contributed by atoms with Gasteiger partial charge in [-0.2, -0.15) is 4.98 Å². The number of hydrogen-bond acceptors (Lipinski definition) is 6. The Balaban J connectivity index is 1.98. The molecule has 0 bridgehead atoms. The van der Waals surface area contributed by atoms with Crippen molar-refractivity contribution in [3.63, 3.8) is 0 Å². The quantitative estimate of drug-likeness (QED) is 0.382. The molecule has 2 N–H and O–H groups in total. The van der Waals surface area contributed by atoms with E-state index in [4.69, 9.17) is 5.11 Å². The van der Waals surface area contributed by atoms with E-state index in [1.807, 2.05) is 0 Å². The van der Waals surface area contributed by atoms with E-state index in [1.165, 1.54) is 24.3 Å². The summed E-state index contributed by atoms with van der Waals surface area (Å²) in [4.78, 5) is 19.3. The van der Waals surface area contributed by atoms with Crippen molar-refractivity contribution in [2.24, 2.45) is 10.1 Å². The fraction of sp³-hybridized carbons (Fsp3) is 0. The molecule has 0 saturated carbocycles. The van der Waals surface area contributed by atoms with E-state index in [0.29, 0.717) is 4.79 Å². The second-order valence-electron chi connectivity index (χ2n) is 5.82. The second kappa shape index (κ2) is 6.72. The van der Waals surface area contributed by atoms with Crippen LogP contribution in [0.3, 0.4) is 0 Å². The van der Waals surface area contributed by atoms with Crippen molar-refractivity contribution in [2.45, 2.75) is 0 Å². The van der Waals surface area contributed by atoms with E-state index in [9.17, 15) is 31.9 Å². The lowest BCUT2D eigenvalue weighted by atomic mass is 10.0. The fourth-order valence-corrected chi connectivity index (χ4v) is 2.60. The summed E-state index contributed by atoms with van der Waals surface area (Å²) < 4.78 is 69.4. The summed E-state index contributed by atoms with van der Waals surface area (Å²) in [5.74, 6) is -13.9. The number of phenols is 1. The number of aromatic hydroxyl groups is 1. The van der Waals surface area contributed by atoms with E-state index >= 15 is 0 Å². The minimum Gasteiger partial charge on any atom is -0.508 e. The number of fused-ring (bicyclic) bond motifs is 1. The van der Waals surface area contributed by atoms with Crippen LogP contribution in [-0.2, 0) is 0 Å². The Morgan fingerprint density at radius 3 is 2.07 bits per heavy atom. The Morgan fingerprint density at radius 2 is 1.50 bits per heavy atom. The fourth-order valence-electron chi connectivity index (χ4n) is 2.60. The number of phenolic OH excluding ortho intramolecular Hbond substituents is 1. The Labute approximate surface area is 162 Å². The van der Waals surface area contributed by atoms with Gasteiger partial charge in [0.25, 0.3) is 5.82 Å². The highest BCUT2D eigenvalue weighted by molar-refractivity contribution is 6.54. The SMILES string of the molecule is O=C(O)c1nc2n(n1)N=C(c1c(F)c(F)c(F)c(F)c1F)C2=Nc1ccc(O)cc1. The van der Waals surface area contributed by atoms with Crippen molar-refractivity contribution in [1.82, 2.24) is 14.9 Å². The van der Waals surface area contributed by atoms with Gasteiger partial charge in [-0.1, -0.05) is 0 Å². The number of carbonyl (C=O) groups is 1. The Hall–Kier alpha value is -4.16. The van der Waals surface area contributed by atoms with Gasteiger partial charge in [0.05, 0.1) is 11.3 Å². The van der Waals surface area contributed by atoms with Crippen LogP contribution < -0.4 is 0 Å². The molecule has 2 heterocycles. The topological polar surface area (TPSA) is 113 Å². The third-order valence-electron chi connectivity index (χ3n) is 3.95. The van der Waals surface area contributed by atoms with Crippen LogP contribution in [0.1, 0.15) is 22.0 Å². The summed E-state index contributed by atoms with van der Waals surface area (Å²) in [6, 6.07) is 4.99. The lowest BCUT2D eigenvalue weighted by Crippen LogP contribution is -2.20. The lowest BCUT2D eigenvalue weighted by Gasteiger charge is -2.08. The standard InChI is InChI=1S/C17H6F5N5O3/c18-8-7(9(19)11(21)12(22)10(8)20)13-14(23-5-1-3-6(28)4-2-5)16-24-15(17(29)30)26-27(16)25-13/h1-4,28H,(H,29,30). The van der Waals surface area contributed by atoms with Gasteiger partial charge in [-0.05, 0) is 24.3 Å². The summed E-state index contributed by atoms with van der Waals surface area (Å²) >= 11 is 0. The molecular weight excluding hydrogens is 417 g/mol. The highest BCUT2D eigenvalue weighted by Gasteiger charge is 2.36. The number of aromatic nitrogens is 3. The van der Waals surface area contributed by atoms with Crippen LogP contribution in [0.5, 0.6) is 5.75 Å². The van der Waals surface area contributed by atoms with Gasteiger partial charge in [-0.15, -0.1) is 15.0 Å². The van der Waals surface area contributed by atoms with Gasteiger partial charge in [0.15, 0.2) is 23.3 Å². The average molecular weight is 423 g/mol. The van der Waals surface area contributed by atoms with Crippen molar-refractivity contribution in [1.29, 1.82) is 0 Å². The van der Waals surface area contributed by atoms with E-state index in [2.05, 4.69) is 20.2 Å². The highest BCUT2D eigenvalue weighted by atomic mass is 19.2. The zero-order valence-electron chi connectivity index (χ0n) is 14.2. The molecule has 13 heteroatoms. The normalized spacial score (nSPS) is 14.2.